The highest BCUT2D eigenvalue weighted by molar-refractivity contribution is 7.88. The Balaban J connectivity index is 2.57. The summed E-state index contributed by atoms with van der Waals surface area (Å²) in [6, 6.07) is 2.57. The fourth-order valence-electron chi connectivity index (χ4n) is 2.56. The summed E-state index contributed by atoms with van der Waals surface area (Å²) >= 11 is 0. The first-order chi connectivity index (χ1) is 8.84. The molecule has 0 aromatic rings. The predicted octanol–water partition coefficient (Wildman–Crippen LogP) is 1.28. The van der Waals surface area contributed by atoms with E-state index in [9.17, 15) is 8.42 Å². The molecule has 1 aliphatic rings. The Morgan fingerprint density at radius 2 is 2.16 bits per heavy atom. The quantitative estimate of drug-likeness (QED) is 0.738. The minimum atomic E-state index is -3.07. The summed E-state index contributed by atoms with van der Waals surface area (Å²) in [6.45, 7) is 7.15. The number of sulfonamides is 1. The molecule has 1 fully saturated rings. The molecule has 0 aliphatic carbocycles. The molecule has 6 heteroatoms. The van der Waals surface area contributed by atoms with Gasteiger partial charge in [-0.25, -0.2) is 12.7 Å². The molecular weight excluding hydrogens is 262 g/mol. The molecule has 1 rings (SSSR count). The van der Waals surface area contributed by atoms with Crippen LogP contribution in [0, 0.1) is 17.2 Å². The Bertz CT molecular complexity index is 414. The van der Waals surface area contributed by atoms with E-state index in [1.807, 2.05) is 0 Å². The van der Waals surface area contributed by atoms with Gasteiger partial charge in [0.2, 0.25) is 10.0 Å². The van der Waals surface area contributed by atoms with Crippen LogP contribution in [-0.2, 0) is 10.0 Å². The van der Waals surface area contributed by atoms with Crippen molar-refractivity contribution in [1.29, 1.82) is 5.26 Å². The van der Waals surface area contributed by atoms with Gasteiger partial charge in [0.1, 0.15) is 0 Å². The van der Waals surface area contributed by atoms with Crippen molar-refractivity contribution in [3.05, 3.63) is 0 Å². The molecular formula is C13H25N3O2S. The van der Waals surface area contributed by atoms with Gasteiger partial charge in [0.05, 0.1) is 12.3 Å². The first-order valence-corrected chi connectivity index (χ1v) is 8.75. The maximum atomic E-state index is 11.6. The van der Waals surface area contributed by atoms with E-state index in [2.05, 4.69) is 24.8 Å². The Morgan fingerprint density at radius 1 is 1.47 bits per heavy atom. The number of piperidine rings is 1. The first-order valence-electron chi connectivity index (χ1n) is 6.90. The van der Waals surface area contributed by atoms with Crippen LogP contribution in [0.4, 0.5) is 0 Å². The van der Waals surface area contributed by atoms with Gasteiger partial charge in [-0.2, -0.15) is 5.26 Å². The minimum Gasteiger partial charge on any atom is -0.300 e. The molecule has 0 amide bonds. The standard InChI is InChI=1S/C13H25N3O2S/c1-12(2)15(8-5-7-14)10-13-6-4-9-16(11-13)19(3,17)18/h12-13H,4-6,8-11H2,1-3H3. The molecule has 1 heterocycles. The minimum absolute atomic E-state index is 0.379. The molecule has 110 valence electrons. The van der Waals surface area contributed by atoms with E-state index in [4.69, 9.17) is 5.26 Å². The zero-order chi connectivity index (χ0) is 14.5. The fourth-order valence-corrected chi connectivity index (χ4v) is 3.51. The summed E-state index contributed by atoms with van der Waals surface area (Å²) in [5.41, 5.74) is 0. The molecule has 0 N–H and O–H groups in total. The average molecular weight is 287 g/mol. The summed E-state index contributed by atoms with van der Waals surface area (Å²) in [5, 5.41) is 8.69. The van der Waals surface area contributed by atoms with Crippen molar-refractivity contribution in [2.45, 2.75) is 39.2 Å². The lowest BCUT2D eigenvalue weighted by Gasteiger charge is -2.35. The van der Waals surface area contributed by atoms with Gasteiger partial charge < -0.3 is 0 Å². The lowest BCUT2D eigenvalue weighted by atomic mass is 9.98. The maximum absolute atomic E-state index is 11.6. The highest BCUT2D eigenvalue weighted by Gasteiger charge is 2.27. The van der Waals surface area contributed by atoms with Crippen LogP contribution >= 0.6 is 0 Å². The van der Waals surface area contributed by atoms with Gasteiger partial charge in [-0.1, -0.05) is 0 Å². The zero-order valence-corrected chi connectivity index (χ0v) is 13.0. The molecule has 0 spiro atoms. The van der Waals surface area contributed by atoms with Crippen molar-refractivity contribution in [3.8, 4) is 6.07 Å². The van der Waals surface area contributed by atoms with Crippen molar-refractivity contribution < 1.29 is 8.42 Å². The number of nitrogens with zero attached hydrogens (tertiary/aromatic N) is 3. The Morgan fingerprint density at radius 3 is 2.68 bits per heavy atom. The van der Waals surface area contributed by atoms with Crippen LogP contribution in [0.1, 0.15) is 33.1 Å². The number of nitriles is 1. The molecule has 19 heavy (non-hydrogen) atoms. The van der Waals surface area contributed by atoms with Crippen molar-refractivity contribution in [2.24, 2.45) is 5.92 Å². The molecule has 0 aromatic heterocycles. The van der Waals surface area contributed by atoms with Gasteiger partial charge in [-0.3, -0.25) is 4.90 Å². The van der Waals surface area contributed by atoms with Crippen LogP contribution in [0.2, 0.25) is 0 Å². The Hall–Kier alpha value is -0.640. The summed E-state index contributed by atoms with van der Waals surface area (Å²) in [4.78, 5) is 2.28. The SMILES string of the molecule is CC(C)N(CCC#N)CC1CCCN(S(C)(=O)=O)C1. The van der Waals surface area contributed by atoms with Gasteiger partial charge in [0.25, 0.3) is 0 Å². The van der Waals surface area contributed by atoms with Crippen molar-refractivity contribution in [2.75, 3.05) is 32.4 Å². The van der Waals surface area contributed by atoms with Gasteiger partial charge in [0, 0.05) is 38.6 Å². The maximum Gasteiger partial charge on any atom is 0.211 e. The summed E-state index contributed by atoms with van der Waals surface area (Å²) in [6.07, 6.45) is 3.82. The molecule has 0 aromatic carbocycles. The molecule has 0 bridgehead atoms. The van der Waals surface area contributed by atoms with Crippen molar-refractivity contribution >= 4 is 10.0 Å². The third-order valence-corrected chi connectivity index (χ3v) is 4.95. The van der Waals surface area contributed by atoms with Crippen LogP contribution in [0.5, 0.6) is 0 Å². The Labute approximate surface area is 117 Å². The second-order valence-electron chi connectivity index (χ2n) is 5.63. The van der Waals surface area contributed by atoms with E-state index >= 15 is 0 Å². The van der Waals surface area contributed by atoms with E-state index in [0.717, 1.165) is 25.9 Å². The fraction of sp³-hybridized carbons (Fsp3) is 0.923. The lowest BCUT2D eigenvalue weighted by Crippen LogP contribution is -2.45. The molecule has 0 radical (unpaired) electrons. The van der Waals surface area contributed by atoms with E-state index in [1.54, 1.807) is 4.31 Å². The van der Waals surface area contributed by atoms with Crippen LogP contribution in [0.15, 0.2) is 0 Å². The van der Waals surface area contributed by atoms with E-state index in [0.29, 0.717) is 31.5 Å². The predicted molar refractivity (Wildman–Crippen MR) is 76.1 cm³/mol. The van der Waals surface area contributed by atoms with E-state index in [1.165, 1.54) is 6.26 Å². The molecule has 5 nitrogen and oxygen atoms in total. The van der Waals surface area contributed by atoms with Crippen LogP contribution in [0.3, 0.4) is 0 Å². The number of hydrogen-bond donors (Lipinski definition) is 0. The van der Waals surface area contributed by atoms with Crippen LogP contribution < -0.4 is 0 Å². The highest BCUT2D eigenvalue weighted by atomic mass is 32.2. The van der Waals surface area contributed by atoms with Gasteiger partial charge in [-0.05, 0) is 32.6 Å². The molecule has 1 saturated heterocycles. The Kier molecular flexibility index (Phi) is 6.24. The van der Waals surface area contributed by atoms with Gasteiger partial charge in [-0.15, -0.1) is 0 Å². The van der Waals surface area contributed by atoms with Gasteiger partial charge in [0.15, 0.2) is 0 Å². The van der Waals surface area contributed by atoms with Gasteiger partial charge >= 0.3 is 0 Å². The molecule has 1 unspecified atom stereocenters. The lowest BCUT2D eigenvalue weighted by molar-refractivity contribution is 0.153. The smallest absolute Gasteiger partial charge is 0.211 e. The number of rotatable bonds is 6. The first kappa shape index (κ1) is 16.4. The van der Waals surface area contributed by atoms with Crippen molar-refractivity contribution in [1.82, 2.24) is 9.21 Å². The van der Waals surface area contributed by atoms with Crippen LogP contribution in [0.25, 0.3) is 0 Å². The second kappa shape index (κ2) is 7.22. The summed E-state index contributed by atoms with van der Waals surface area (Å²) < 4.78 is 24.8. The number of hydrogen-bond acceptors (Lipinski definition) is 4. The second-order valence-corrected chi connectivity index (χ2v) is 7.61. The van der Waals surface area contributed by atoms with Crippen molar-refractivity contribution in [3.63, 3.8) is 0 Å². The normalized spacial score (nSPS) is 21.8. The topological polar surface area (TPSA) is 64.4 Å². The molecule has 0 saturated carbocycles. The third-order valence-electron chi connectivity index (χ3n) is 3.68. The molecule has 1 aliphatic heterocycles. The average Bonchev–Trinajstić information content (AvgIpc) is 2.33. The largest absolute Gasteiger partial charge is 0.300 e. The monoisotopic (exact) mass is 287 g/mol. The molecule has 1 atom stereocenters. The zero-order valence-electron chi connectivity index (χ0n) is 12.2. The summed E-state index contributed by atoms with van der Waals surface area (Å²) in [7, 11) is -3.07. The van der Waals surface area contributed by atoms with E-state index in [-0.39, 0.29) is 0 Å². The summed E-state index contributed by atoms with van der Waals surface area (Å²) in [5.74, 6) is 0.379. The highest BCUT2D eigenvalue weighted by Crippen LogP contribution is 2.20. The third kappa shape index (κ3) is 5.47. The van der Waals surface area contributed by atoms with E-state index < -0.39 is 10.0 Å². The van der Waals surface area contributed by atoms with Crippen LogP contribution in [-0.4, -0.2) is 56.1 Å².